The van der Waals surface area contributed by atoms with Crippen LogP contribution in [0.1, 0.15) is 25.7 Å². The third-order valence-electron chi connectivity index (χ3n) is 2.20. The highest BCUT2D eigenvalue weighted by molar-refractivity contribution is 7.11. The first-order chi connectivity index (χ1) is 8.66. The third-order valence-corrected chi connectivity index (χ3v) is 2.99. The van der Waals surface area contributed by atoms with Gasteiger partial charge < -0.3 is 5.11 Å². The summed E-state index contributed by atoms with van der Waals surface area (Å²) in [7, 11) is 0. The van der Waals surface area contributed by atoms with Gasteiger partial charge in [-0.05, 0) is 23.8 Å². The quantitative estimate of drug-likeness (QED) is 0.677. The Morgan fingerprint density at radius 1 is 1.33 bits per heavy atom. The maximum atomic E-state index is 11.6. The molecule has 0 amide bonds. The molecule has 0 unspecified atom stereocenters. The molecule has 1 heterocycles. The van der Waals surface area contributed by atoms with Crippen molar-refractivity contribution in [3.63, 3.8) is 0 Å². The van der Waals surface area contributed by atoms with E-state index < -0.39 is 5.97 Å². The van der Waals surface area contributed by atoms with Crippen LogP contribution in [0.3, 0.4) is 0 Å². The molecular formula is C13H9NO3S. The smallest absolute Gasteiger partial charge is 0.335 e. The summed E-state index contributed by atoms with van der Waals surface area (Å²) >= 11 is 1.27. The summed E-state index contributed by atoms with van der Waals surface area (Å²) in [5.74, 6) is -1.18. The zero-order valence-corrected chi connectivity index (χ0v) is 10.1. The van der Waals surface area contributed by atoms with Gasteiger partial charge in [0.25, 0.3) is 0 Å². The summed E-state index contributed by atoms with van der Waals surface area (Å²) in [6, 6.07) is 6.38. The number of aromatic nitrogens is 1. The van der Waals surface area contributed by atoms with Gasteiger partial charge in [0.2, 0.25) is 5.78 Å². The zero-order chi connectivity index (χ0) is 13.0. The molecular weight excluding hydrogens is 250 g/mol. The lowest BCUT2D eigenvalue weighted by Crippen LogP contribution is -1.96. The minimum Gasteiger partial charge on any atom is -0.478 e. The van der Waals surface area contributed by atoms with E-state index in [2.05, 4.69) is 4.98 Å². The number of carbonyl (C=O) groups is 2. The minimum absolute atomic E-state index is 0.189. The molecule has 1 aromatic heterocycles. The van der Waals surface area contributed by atoms with Crippen LogP contribution in [0.15, 0.2) is 41.9 Å². The first kappa shape index (κ1) is 12.2. The summed E-state index contributed by atoms with van der Waals surface area (Å²) < 4.78 is 0. The van der Waals surface area contributed by atoms with Crippen LogP contribution in [-0.2, 0) is 0 Å². The summed E-state index contributed by atoms with van der Waals surface area (Å²) in [5, 5.41) is 11.0. The molecule has 0 spiro atoms. The molecule has 90 valence electrons. The molecule has 0 aliphatic rings. The van der Waals surface area contributed by atoms with Gasteiger partial charge in [-0.25, -0.2) is 9.78 Å². The van der Waals surface area contributed by atoms with E-state index in [4.69, 9.17) is 5.11 Å². The lowest BCUT2D eigenvalue weighted by molar-refractivity contribution is 0.0696. The average Bonchev–Trinajstić information content (AvgIpc) is 2.90. The van der Waals surface area contributed by atoms with Gasteiger partial charge in [0.15, 0.2) is 5.01 Å². The number of carboxylic acid groups (broad SMARTS) is 1. The van der Waals surface area contributed by atoms with Gasteiger partial charge in [0.1, 0.15) is 0 Å². The monoisotopic (exact) mass is 259 g/mol. The number of carboxylic acids is 1. The first-order valence-corrected chi connectivity index (χ1v) is 6.00. The second-order valence-corrected chi connectivity index (χ2v) is 4.36. The maximum Gasteiger partial charge on any atom is 0.335 e. The highest BCUT2D eigenvalue weighted by Gasteiger charge is 2.04. The highest BCUT2D eigenvalue weighted by atomic mass is 32.1. The molecule has 0 aliphatic carbocycles. The van der Waals surface area contributed by atoms with Gasteiger partial charge in [0, 0.05) is 11.6 Å². The first-order valence-electron chi connectivity index (χ1n) is 5.12. The molecule has 2 rings (SSSR count). The molecule has 0 saturated carbocycles. The van der Waals surface area contributed by atoms with Crippen molar-refractivity contribution in [2.75, 3.05) is 0 Å². The Labute approximate surface area is 107 Å². The van der Waals surface area contributed by atoms with Gasteiger partial charge in [-0.3, -0.25) is 4.79 Å². The van der Waals surface area contributed by atoms with Gasteiger partial charge in [0.05, 0.1) is 5.56 Å². The van der Waals surface area contributed by atoms with Crippen molar-refractivity contribution in [3.8, 4) is 0 Å². The number of hydrogen-bond acceptors (Lipinski definition) is 4. The molecule has 4 nitrogen and oxygen atoms in total. The maximum absolute atomic E-state index is 11.6. The van der Waals surface area contributed by atoms with Gasteiger partial charge in [-0.2, -0.15) is 0 Å². The number of thiazole rings is 1. The number of allylic oxidation sites excluding steroid dienone is 1. The average molecular weight is 259 g/mol. The predicted molar refractivity (Wildman–Crippen MR) is 68.9 cm³/mol. The highest BCUT2D eigenvalue weighted by Crippen LogP contribution is 2.10. The molecule has 5 heteroatoms. The number of aromatic carboxylic acids is 1. The summed E-state index contributed by atoms with van der Waals surface area (Å²) in [6.07, 6.45) is 4.53. The molecule has 0 aliphatic heterocycles. The van der Waals surface area contributed by atoms with Crippen molar-refractivity contribution in [1.29, 1.82) is 0 Å². The topological polar surface area (TPSA) is 67.3 Å². The van der Waals surface area contributed by atoms with Gasteiger partial charge in [-0.1, -0.05) is 18.2 Å². The van der Waals surface area contributed by atoms with Crippen molar-refractivity contribution in [3.05, 3.63) is 58.1 Å². The Balaban J connectivity index is 2.16. The number of ketones is 1. The summed E-state index contributed by atoms with van der Waals surface area (Å²) in [5.41, 5.74) is 0.860. The third kappa shape index (κ3) is 2.89. The fraction of sp³-hybridized carbons (Fsp3) is 0. The van der Waals surface area contributed by atoms with Crippen molar-refractivity contribution >= 4 is 29.2 Å². The lowest BCUT2D eigenvalue weighted by atomic mass is 10.1. The van der Waals surface area contributed by atoms with Crippen molar-refractivity contribution in [1.82, 2.24) is 4.98 Å². The number of benzene rings is 1. The van der Waals surface area contributed by atoms with E-state index in [-0.39, 0.29) is 11.3 Å². The molecule has 1 N–H and O–H groups in total. The molecule has 0 saturated heterocycles. The van der Waals surface area contributed by atoms with E-state index in [1.54, 1.807) is 29.8 Å². The molecule has 0 radical (unpaired) electrons. The fourth-order valence-corrected chi connectivity index (χ4v) is 1.92. The van der Waals surface area contributed by atoms with Crippen molar-refractivity contribution < 1.29 is 14.7 Å². The Hall–Kier alpha value is -2.27. The normalized spacial score (nSPS) is 10.7. The Bertz CT molecular complexity index is 602. The van der Waals surface area contributed by atoms with Crippen molar-refractivity contribution in [2.45, 2.75) is 0 Å². The lowest BCUT2D eigenvalue weighted by Gasteiger charge is -1.96. The predicted octanol–water partition coefficient (Wildman–Crippen LogP) is 2.74. The van der Waals surface area contributed by atoms with E-state index in [9.17, 15) is 9.59 Å². The number of hydrogen-bond donors (Lipinski definition) is 1. The Kier molecular flexibility index (Phi) is 3.64. The van der Waals surface area contributed by atoms with Crippen LogP contribution in [0.2, 0.25) is 0 Å². The van der Waals surface area contributed by atoms with Crippen LogP contribution >= 0.6 is 11.3 Å². The van der Waals surface area contributed by atoms with Crippen LogP contribution in [-0.4, -0.2) is 21.8 Å². The van der Waals surface area contributed by atoms with Crippen LogP contribution < -0.4 is 0 Å². The summed E-state index contributed by atoms with van der Waals surface area (Å²) in [6.45, 7) is 0. The van der Waals surface area contributed by atoms with Gasteiger partial charge >= 0.3 is 5.97 Å². The number of carbonyl (C=O) groups excluding carboxylic acids is 1. The minimum atomic E-state index is -0.989. The van der Waals surface area contributed by atoms with Crippen molar-refractivity contribution in [2.24, 2.45) is 0 Å². The second kappa shape index (κ2) is 5.37. The molecule has 1 aromatic carbocycles. The number of rotatable bonds is 4. The van der Waals surface area contributed by atoms with Crippen LogP contribution in [0.5, 0.6) is 0 Å². The van der Waals surface area contributed by atoms with E-state index in [1.807, 2.05) is 0 Å². The Morgan fingerprint density at radius 3 is 2.83 bits per heavy atom. The van der Waals surface area contributed by atoms with Crippen LogP contribution in [0.25, 0.3) is 6.08 Å². The molecule has 0 fully saturated rings. The largest absolute Gasteiger partial charge is 0.478 e. The van der Waals surface area contributed by atoms with Crippen LogP contribution in [0.4, 0.5) is 0 Å². The molecule has 0 bridgehead atoms. The van der Waals surface area contributed by atoms with E-state index in [0.717, 1.165) is 0 Å². The fourth-order valence-electron chi connectivity index (χ4n) is 1.36. The molecule has 18 heavy (non-hydrogen) atoms. The van der Waals surface area contributed by atoms with Crippen LogP contribution in [0, 0.1) is 0 Å². The second-order valence-electron chi connectivity index (χ2n) is 3.47. The van der Waals surface area contributed by atoms with E-state index in [1.165, 1.54) is 29.5 Å². The van der Waals surface area contributed by atoms with E-state index in [0.29, 0.717) is 10.6 Å². The zero-order valence-electron chi connectivity index (χ0n) is 9.24. The summed E-state index contributed by atoms with van der Waals surface area (Å²) in [4.78, 5) is 26.3. The molecule has 2 aromatic rings. The van der Waals surface area contributed by atoms with E-state index >= 15 is 0 Å². The Morgan fingerprint density at radius 2 is 2.17 bits per heavy atom. The standard InChI is InChI=1S/C13H9NO3S/c15-11(12-14-6-7-18-12)5-4-9-2-1-3-10(8-9)13(16)17/h1-8H,(H,16,17)/b5-4+. The number of nitrogens with zero attached hydrogens (tertiary/aromatic N) is 1. The molecule has 0 atom stereocenters. The van der Waals surface area contributed by atoms with Gasteiger partial charge in [-0.15, -0.1) is 11.3 Å². The SMILES string of the molecule is O=C(O)c1cccc(/C=C/C(=O)c2nccs2)c1.